The zero-order valence-corrected chi connectivity index (χ0v) is 13.6. The summed E-state index contributed by atoms with van der Waals surface area (Å²) in [7, 11) is 0. The summed E-state index contributed by atoms with van der Waals surface area (Å²) in [5, 5.41) is 20.3. The fraction of sp³-hybridized carbons (Fsp3) is 0.500. The first-order chi connectivity index (χ1) is 10.6. The van der Waals surface area contributed by atoms with Crippen LogP contribution in [0.4, 0.5) is 5.69 Å². The van der Waals surface area contributed by atoms with Crippen LogP contribution in [0.2, 0.25) is 0 Å². The first-order valence-corrected chi connectivity index (χ1v) is 7.62. The molecule has 6 heteroatoms. The van der Waals surface area contributed by atoms with E-state index in [1.165, 1.54) is 5.56 Å². The summed E-state index contributed by atoms with van der Waals surface area (Å²) in [5.41, 5.74) is 5.64. The summed E-state index contributed by atoms with van der Waals surface area (Å²) < 4.78 is 1.87. The standard InChI is InChI=1S/C16H25N5O/c1-12-10-17-5-4-16(12)19-7-6-18-11-15-13(2)20-21(8-9-22)14(15)3/h4-5,10,18,22H,6-9,11H2,1-3H3,(H,17,19). The normalized spacial score (nSPS) is 10.9. The molecule has 0 radical (unpaired) electrons. The maximum Gasteiger partial charge on any atom is 0.0644 e. The average Bonchev–Trinajstić information content (AvgIpc) is 2.76. The fourth-order valence-electron chi connectivity index (χ4n) is 2.47. The van der Waals surface area contributed by atoms with Gasteiger partial charge in [0.1, 0.15) is 0 Å². The van der Waals surface area contributed by atoms with Gasteiger partial charge in [-0.25, -0.2) is 0 Å². The first kappa shape index (κ1) is 16.5. The Morgan fingerprint density at radius 3 is 2.77 bits per heavy atom. The maximum absolute atomic E-state index is 9.03. The first-order valence-electron chi connectivity index (χ1n) is 7.62. The summed E-state index contributed by atoms with van der Waals surface area (Å²) in [6, 6.07) is 1.99. The molecule has 0 bridgehead atoms. The molecule has 2 rings (SSSR count). The molecule has 0 spiro atoms. The Kier molecular flexibility index (Phi) is 5.91. The molecule has 0 aromatic carbocycles. The minimum absolute atomic E-state index is 0.115. The smallest absolute Gasteiger partial charge is 0.0644 e. The van der Waals surface area contributed by atoms with Gasteiger partial charge >= 0.3 is 0 Å². The van der Waals surface area contributed by atoms with Crippen molar-refractivity contribution in [2.24, 2.45) is 0 Å². The lowest BCUT2D eigenvalue weighted by atomic mass is 10.2. The van der Waals surface area contributed by atoms with E-state index >= 15 is 0 Å². The predicted molar refractivity (Wildman–Crippen MR) is 88.0 cm³/mol. The Bertz CT molecular complexity index is 609. The number of rotatable bonds is 8. The molecule has 2 aromatic rings. The molecule has 3 N–H and O–H groups in total. The highest BCUT2D eigenvalue weighted by molar-refractivity contribution is 5.48. The van der Waals surface area contributed by atoms with Crippen LogP contribution in [0, 0.1) is 20.8 Å². The van der Waals surface area contributed by atoms with Crippen molar-refractivity contribution in [1.29, 1.82) is 0 Å². The van der Waals surface area contributed by atoms with E-state index in [0.29, 0.717) is 6.54 Å². The maximum atomic E-state index is 9.03. The van der Waals surface area contributed by atoms with Gasteiger partial charge in [-0.05, 0) is 32.4 Å². The monoisotopic (exact) mass is 303 g/mol. The van der Waals surface area contributed by atoms with E-state index in [2.05, 4.69) is 20.7 Å². The van der Waals surface area contributed by atoms with Crippen LogP contribution in [0.25, 0.3) is 0 Å². The van der Waals surface area contributed by atoms with Crippen molar-refractivity contribution >= 4 is 5.69 Å². The second-order valence-electron chi connectivity index (χ2n) is 5.39. The highest BCUT2D eigenvalue weighted by atomic mass is 16.3. The number of pyridine rings is 1. The molecule has 22 heavy (non-hydrogen) atoms. The van der Waals surface area contributed by atoms with Crippen molar-refractivity contribution in [3.8, 4) is 0 Å². The van der Waals surface area contributed by atoms with Gasteiger partial charge in [0.2, 0.25) is 0 Å². The molecule has 6 nitrogen and oxygen atoms in total. The molecule has 0 atom stereocenters. The molecule has 0 aliphatic rings. The fourth-order valence-corrected chi connectivity index (χ4v) is 2.47. The zero-order valence-electron chi connectivity index (χ0n) is 13.6. The number of anilines is 1. The Labute approximate surface area is 131 Å². The zero-order chi connectivity index (χ0) is 15.9. The van der Waals surface area contributed by atoms with Crippen LogP contribution in [0.3, 0.4) is 0 Å². The number of hydrogen-bond acceptors (Lipinski definition) is 5. The van der Waals surface area contributed by atoms with Crippen LogP contribution in [0.5, 0.6) is 0 Å². The summed E-state index contributed by atoms with van der Waals surface area (Å²) in [5.74, 6) is 0. The summed E-state index contributed by atoms with van der Waals surface area (Å²) in [6.45, 7) is 9.28. The van der Waals surface area contributed by atoms with Crippen LogP contribution in [0.15, 0.2) is 18.5 Å². The number of hydrogen-bond donors (Lipinski definition) is 3. The predicted octanol–water partition coefficient (Wildman–Crippen LogP) is 1.40. The van der Waals surface area contributed by atoms with Gasteiger partial charge in [-0.1, -0.05) is 0 Å². The minimum atomic E-state index is 0.115. The van der Waals surface area contributed by atoms with Gasteiger partial charge in [-0.15, -0.1) is 0 Å². The highest BCUT2D eigenvalue weighted by Gasteiger charge is 2.10. The van der Waals surface area contributed by atoms with E-state index in [1.54, 1.807) is 6.20 Å². The van der Waals surface area contributed by atoms with Gasteiger partial charge in [0.25, 0.3) is 0 Å². The molecule has 0 fully saturated rings. The van der Waals surface area contributed by atoms with E-state index in [4.69, 9.17) is 5.11 Å². The van der Waals surface area contributed by atoms with Crippen LogP contribution in [-0.4, -0.2) is 39.6 Å². The largest absolute Gasteiger partial charge is 0.394 e. The van der Waals surface area contributed by atoms with E-state index in [0.717, 1.165) is 42.3 Å². The molecule has 0 aliphatic carbocycles. The second-order valence-corrected chi connectivity index (χ2v) is 5.39. The van der Waals surface area contributed by atoms with Gasteiger partial charge in [-0.3, -0.25) is 9.67 Å². The van der Waals surface area contributed by atoms with Crippen LogP contribution in [-0.2, 0) is 13.1 Å². The van der Waals surface area contributed by atoms with Gasteiger partial charge in [0.05, 0.1) is 18.8 Å². The van der Waals surface area contributed by atoms with Crippen molar-refractivity contribution in [2.45, 2.75) is 33.9 Å². The van der Waals surface area contributed by atoms with Gasteiger partial charge in [0.15, 0.2) is 0 Å². The molecule has 0 aliphatic heterocycles. The summed E-state index contributed by atoms with van der Waals surface area (Å²) in [4.78, 5) is 4.08. The van der Waals surface area contributed by atoms with E-state index < -0.39 is 0 Å². The number of aromatic nitrogens is 3. The third-order valence-electron chi connectivity index (χ3n) is 3.78. The summed E-state index contributed by atoms with van der Waals surface area (Å²) >= 11 is 0. The number of aliphatic hydroxyl groups is 1. The van der Waals surface area contributed by atoms with Gasteiger partial charge < -0.3 is 15.7 Å². The van der Waals surface area contributed by atoms with E-state index in [-0.39, 0.29) is 6.61 Å². The number of aryl methyl sites for hydroxylation is 2. The molecule has 120 valence electrons. The summed E-state index contributed by atoms with van der Waals surface area (Å²) in [6.07, 6.45) is 3.66. The van der Waals surface area contributed by atoms with Crippen LogP contribution < -0.4 is 10.6 Å². The van der Waals surface area contributed by atoms with Crippen LogP contribution in [0.1, 0.15) is 22.5 Å². The number of aliphatic hydroxyl groups excluding tert-OH is 1. The van der Waals surface area contributed by atoms with Gasteiger partial charge in [0, 0.05) is 49.0 Å². The number of nitrogens with zero attached hydrogens (tertiary/aromatic N) is 3. The van der Waals surface area contributed by atoms with Crippen LogP contribution >= 0.6 is 0 Å². The Morgan fingerprint density at radius 2 is 2.05 bits per heavy atom. The topological polar surface area (TPSA) is 75.0 Å². The minimum Gasteiger partial charge on any atom is -0.394 e. The van der Waals surface area contributed by atoms with Crippen molar-refractivity contribution in [3.05, 3.63) is 41.0 Å². The SMILES string of the molecule is Cc1cnccc1NCCNCc1c(C)nn(CCO)c1C. The molecule has 2 aromatic heterocycles. The Balaban J connectivity index is 1.78. The molecule has 2 heterocycles. The van der Waals surface area contributed by atoms with Crippen molar-refractivity contribution in [2.75, 3.05) is 25.0 Å². The third kappa shape index (κ3) is 4.05. The molecular weight excluding hydrogens is 278 g/mol. The molecule has 0 unspecified atom stereocenters. The molecule has 0 amide bonds. The lowest BCUT2D eigenvalue weighted by molar-refractivity contribution is 0.267. The number of nitrogens with one attached hydrogen (secondary N) is 2. The Morgan fingerprint density at radius 1 is 1.23 bits per heavy atom. The molecule has 0 saturated heterocycles. The van der Waals surface area contributed by atoms with E-state index in [1.807, 2.05) is 37.7 Å². The Hall–Kier alpha value is -1.92. The highest BCUT2D eigenvalue weighted by Crippen LogP contribution is 2.13. The molecular formula is C16H25N5O. The second kappa shape index (κ2) is 7.91. The van der Waals surface area contributed by atoms with Crippen molar-refractivity contribution < 1.29 is 5.11 Å². The lowest BCUT2D eigenvalue weighted by Gasteiger charge is -2.10. The third-order valence-corrected chi connectivity index (χ3v) is 3.78. The van der Waals surface area contributed by atoms with Crippen molar-refractivity contribution in [1.82, 2.24) is 20.1 Å². The lowest BCUT2D eigenvalue weighted by Crippen LogP contribution is -2.22. The van der Waals surface area contributed by atoms with Crippen molar-refractivity contribution in [3.63, 3.8) is 0 Å². The van der Waals surface area contributed by atoms with E-state index in [9.17, 15) is 0 Å². The molecule has 0 saturated carbocycles. The van der Waals surface area contributed by atoms with Gasteiger partial charge in [-0.2, -0.15) is 5.10 Å². The average molecular weight is 303 g/mol. The quantitative estimate of drug-likeness (QED) is 0.643.